The van der Waals surface area contributed by atoms with Gasteiger partial charge in [-0.05, 0) is 37.5 Å². The molecule has 3 aliphatic heterocycles. The van der Waals surface area contributed by atoms with Crippen LogP contribution in [0.4, 0.5) is 5.69 Å². The minimum absolute atomic E-state index is 0.240. The Balaban J connectivity index is 1.60. The first-order chi connectivity index (χ1) is 14.3. The molecular formula is C22H29N3O4. The monoisotopic (exact) mass is 399 g/mol. The van der Waals surface area contributed by atoms with Crippen LogP contribution in [-0.2, 0) is 14.2 Å². The number of hydrogen-bond donors (Lipinski definition) is 2. The zero-order valence-corrected chi connectivity index (χ0v) is 16.7. The predicted molar refractivity (Wildman–Crippen MR) is 112 cm³/mol. The number of aliphatic imine (C=N–C) groups is 1. The predicted octanol–water partition coefficient (Wildman–Crippen LogP) is 3.11. The first-order valence-electron chi connectivity index (χ1n) is 10.7. The number of aromatic nitrogens is 1. The summed E-state index contributed by atoms with van der Waals surface area (Å²) in [4.78, 5) is 4.75. The van der Waals surface area contributed by atoms with E-state index in [9.17, 15) is 5.11 Å². The average Bonchev–Trinajstić information content (AvgIpc) is 3.25. The van der Waals surface area contributed by atoms with Crippen LogP contribution < -0.4 is 5.32 Å². The van der Waals surface area contributed by atoms with Crippen LogP contribution in [0.5, 0.6) is 5.88 Å². The Labute approximate surface area is 170 Å². The van der Waals surface area contributed by atoms with E-state index in [-0.39, 0.29) is 6.04 Å². The van der Waals surface area contributed by atoms with Gasteiger partial charge in [0.05, 0.1) is 49.2 Å². The van der Waals surface area contributed by atoms with Gasteiger partial charge in [0.15, 0.2) is 0 Å². The standard InChI is InChI=1S/C22H29N3O4/c26-22-21(19-6-11-28-12-7-23-19)18-13-15(24-16-3-8-29-14-16)1-2-20(18)25(22)17-4-9-27-10-5-17/h1-2,13,16-17,24,26H,3-12,14H2. The summed E-state index contributed by atoms with van der Waals surface area (Å²) in [5.41, 5.74) is 3.93. The van der Waals surface area contributed by atoms with Crippen molar-refractivity contribution in [3.63, 3.8) is 0 Å². The van der Waals surface area contributed by atoms with Gasteiger partial charge in [-0.2, -0.15) is 0 Å². The Kier molecular flexibility index (Phi) is 5.44. The molecule has 3 aliphatic rings. The number of benzene rings is 1. The largest absolute Gasteiger partial charge is 0.494 e. The molecule has 1 aromatic heterocycles. The third kappa shape index (κ3) is 3.74. The average molecular weight is 399 g/mol. The van der Waals surface area contributed by atoms with E-state index in [1.807, 2.05) is 0 Å². The quantitative estimate of drug-likeness (QED) is 0.826. The van der Waals surface area contributed by atoms with E-state index in [0.29, 0.717) is 38.1 Å². The molecule has 0 amide bonds. The molecule has 156 valence electrons. The fourth-order valence-corrected chi connectivity index (χ4v) is 4.67. The van der Waals surface area contributed by atoms with E-state index in [0.717, 1.165) is 73.6 Å². The van der Waals surface area contributed by atoms with Gasteiger partial charge in [0.1, 0.15) is 0 Å². The third-order valence-corrected chi connectivity index (χ3v) is 6.14. The molecule has 29 heavy (non-hydrogen) atoms. The Hall–Kier alpha value is -2.09. The third-order valence-electron chi connectivity index (χ3n) is 6.14. The molecule has 0 aliphatic carbocycles. The lowest BCUT2D eigenvalue weighted by Crippen LogP contribution is -2.19. The van der Waals surface area contributed by atoms with Gasteiger partial charge in [-0.1, -0.05) is 0 Å². The minimum atomic E-state index is 0.240. The van der Waals surface area contributed by atoms with Crippen molar-refractivity contribution in [3.8, 4) is 5.88 Å². The van der Waals surface area contributed by atoms with Crippen LogP contribution >= 0.6 is 0 Å². The molecule has 0 bridgehead atoms. The number of fused-ring (bicyclic) bond motifs is 1. The van der Waals surface area contributed by atoms with Crippen molar-refractivity contribution >= 4 is 22.3 Å². The van der Waals surface area contributed by atoms with Crippen LogP contribution in [0.3, 0.4) is 0 Å². The van der Waals surface area contributed by atoms with Crippen molar-refractivity contribution in [2.45, 2.75) is 37.8 Å². The molecule has 1 unspecified atom stereocenters. The number of nitrogens with zero attached hydrogens (tertiary/aromatic N) is 2. The summed E-state index contributed by atoms with van der Waals surface area (Å²) in [5.74, 6) is 0.328. The van der Waals surface area contributed by atoms with E-state index < -0.39 is 0 Å². The van der Waals surface area contributed by atoms with Crippen molar-refractivity contribution in [1.82, 2.24) is 4.57 Å². The van der Waals surface area contributed by atoms with Gasteiger partial charge in [0.25, 0.3) is 0 Å². The fourth-order valence-electron chi connectivity index (χ4n) is 4.67. The lowest BCUT2D eigenvalue weighted by molar-refractivity contribution is 0.0688. The van der Waals surface area contributed by atoms with Gasteiger partial charge >= 0.3 is 0 Å². The van der Waals surface area contributed by atoms with Crippen LogP contribution in [0.15, 0.2) is 23.2 Å². The molecule has 0 spiro atoms. The topological polar surface area (TPSA) is 77.2 Å². The molecule has 2 saturated heterocycles. The van der Waals surface area contributed by atoms with E-state index in [1.165, 1.54) is 0 Å². The van der Waals surface area contributed by atoms with Crippen molar-refractivity contribution in [1.29, 1.82) is 0 Å². The first kappa shape index (κ1) is 18.9. The molecule has 7 heteroatoms. The number of hydrogen-bond acceptors (Lipinski definition) is 6. The normalized spacial score (nSPS) is 23.9. The van der Waals surface area contributed by atoms with Gasteiger partial charge < -0.3 is 29.2 Å². The van der Waals surface area contributed by atoms with Crippen LogP contribution in [0.1, 0.15) is 37.3 Å². The molecule has 2 aromatic rings. The molecule has 2 fully saturated rings. The highest BCUT2D eigenvalue weighted by Gasteiger charge is 2.27. The maximum atomic E-state index is 11.3. The van der Waals surface area contributed by atoms with Crippen molar-refractivity contribution < 1.29 is 19.3 Å². The summed E-state index contributed by atoms with van der Waals surface area (Å²) in [5, 5.41) is 16.0. The first-order valence-corrected chi connectivity index (χ1v) is 10.7. The van der Waals surface area contributed by atoms with Crippen molar-refractivity contribution in [2.24, 2.45) is 4.99 Å². The van der Waals surface area contributed by atoms with Crippen LogP contribution in [0.2, 0.25) is 0 Å². The maximum Gasteiger partial charge on any atom is 0.201 e. The van der Waals surface area contributed by atoms with E-state index in [4.69, 9.17) is 19.2 Å². The number of nitrogens with one attached hydrogen (secondary N) is 1. The minimum Gasteiger partial charge on any atom is -0.494 e. The summed E-state index contributed by atoms with van der Waals surface area (Å²) in [6.07, 6.45) is 3.55. The molecule has 7 nitrogen and oxygen atoms in total. The van der Waals surface area contributed by atoms with Gasteiger partial charge in [-0.25, -0.2) is 0 Å². The zero-order valence-electron chi connectivity index (χ0n) is 16.7. The summed E-state index contributed by atoms with van der Waals surface area (Å²) < 4.78 is 18.7. The Morgan fingerprint density at radius 1 is 1.00 bits per heavy atom. The smallest absolute Gasteiger partial charge is 0.201 e. The van der Waals surface area contributed by atoms with Gasteiger partial charge in [0.2, 0.25) is 5.88 Å². The molecule has 2 N–H and O–H groups in total. The molecular weight excluding hydrogens is 370 g/mol. The van der Waals surface area contributed by atoms with Gasteiger partial charge in [0, 0.05) is 43.4 Å². The van der Waals surface area contributed by atoms with Gasteiger partial charge in [-0.3, -0.25) is 4.99 Å². The summed E-state index contributed by atoms with van der Waals surface area (Å²) in [7, 11) is 0. The molecule has 1 atom stereocenters. The lowest BCUT2D eigenvalue weighted by atomic mass is 10.0. The van der Waals surface area contributed by atoms with Crippen LogP contribution in [0.25, 0.3) is 10.9 Å². The number of aromatic hydroxyl groups is 1. The van der Waals surface area contributed by atoms with Gasteiger partial charge in [-0.15, -0.1) is 0 Å². The fraction of sp³-hybridized carbons (Fsp3) is 0.591. The second-order valence-electron chi connectivity index (χ2n) is 8.04. The highest BCUT2D eigenvalue weighted by atomic mass is 16.5. The maximum absolute atomic E-state index is 11.3. The van der Waals surface area contributed by atoms with Crippen molar-refractivity contribution in [2.75, 3.05) is 51.5 Å². The molecule has 0 radical (unpaired) electrons. The Morgan fingerprint density at radius 2 is 1.83 bits per heavy atom. The van der Waals surface area contributed by atoms with E-state index in [1.54, 1.807) is 0 Å². The number of anilines is 1. The summed E-state index contributed by atoms with van der Waals surface area (Å²) in [6, 6.07) is 6.97. The molecule has 1 aromatic carbocycles. The summed E-state index contributed by atoms with van der Waals surface area (Å²) in [6.45, 7) is 4.92. The number of rotatable bonds is 4. The van der Waals surface area contributed by atoms with Crippen LogP contribution in [0, 0.1) is 0 Å². The Bertz CT molecular complexity index is 895. The second kappa shape index (κ2) is 8.34. The second-order valence-corrected chi connectivity index (χ2v) is 8.04. The summed E-state index contributed by atoms with van der Waals surface area (Å²) >= 11 is 0. The molecule has 4 heterocycles. The van der Waals surface area contributed by atoms with Crippen molar-refractivity contribution in [3.05, 3.63) is 23.8 Å². The highest BCUT2D eigenvalue weighted by molar-refractivity contribution is 6.14. The van der Waals surface area contributed by atoms with Crippen LogP contribution in [-0.4, -0.2) is 67.6 Å². The molecule has 5 rings (SSSR count). The van der Waals surface area contributed by atoms with E-state index in [2.05, 4.69) is 28.1 Å². The number of ether oxygens (including phenoxy) is 3. The SMILES string of the molecule is Oc1c(C2=NCCOCC2)c2cc(NC3CCOC3)ccc2n1C1CCOCC1. The van der Waals surface area contributed by atoms with E-state index >= 15 is 0 Å². The highest BCUT2D eigenvalue weighted by Crippen LogP contribution is 2.39. The molecule has 0 saturated carbocycles. The zero-order chi connectivity index (χ0) is 19.6. The Morgan fingerprint density at radius 3 is 2.66 bits per heavy atom. The lowest BCUT2D eigenvalue weighted by Gasteiger charge is -2.25.